The molecule has 0 spiro atoms. The van der Waals surface area contributed by atoms with Crippen LogP contribution in [0.25, 0.3) is 0 Å². The van der Waals surface area contributed by atoms with Crippen LogP contribution in [0.5, 0.6) is 0 Å². The first kappa shape index (κ1) is 38.9. The number of amides is 4. The molecule has 0 fully saturated rings. The molecule has 4 aromatic rings. The molecule has 0 saturated carbocycles. The van der Waals surface area contributed by atoms with E-state index in [0.29, 0.717) is 19.4 Å². The molecule has 2 aromatic carbocycles. The third-order valence-corrected chi connectivity index (χ3v) is 9.07. The predicted molar refractivity (Wildman–Crippen MR) is 196 cm³/mol. The maximum Gasteiger partial charge on any atom is 0.407 e. The van der Waals surface area contributed by atoms with Gasteiger partial charge < -0.3 is 35.4 Å². The number of nitrogens with zero attached hydrogens (tertiary/aromatic N) is 3. The molecule has 12 nitrogen and oxygen atoms in total. The zero-order chi connectivity index (χ0) is 36.6. The second-order valence-electron chi connectivity index (χ2n) is 12.8. The van der Waals surface area contributed by atoms with E-state index >= 15 is 0 Å². The van der Waals surface area contributed by atoms with Gasteiger partial charge in [0.15, 0.2) is 0 Å². The number of carbonyl (C=O) groups is 3. The first-order valence-corrected chi connectivity index (χ1v) is 17.8. The van der Waals surface area contributed by atoms with Crippen molar-refractivity contribution in [3.63, 3.8) is 0 Å². The van der Waals surface area contributed by atoms with E-state index < -0.39 is 42.3 Å². The van der Waals surface area contributed by atoms with Crippen LogP contribution < -0.4 is 16.0 Å². The molecule has 272 valence electrons. The molecule has 0 aliphatic rings. The Labute approximate surface area is 303 Å². The molecule has 4 N–H and O–H groups in total. The number of ether oxygens (including phenoxy) is 2. The standard InChI is InChI=1S/C38H48N6O6S/c1-26(2)35(43-37(47)44(3)22-31-25-51-34(40-31)24-49-4)36(46)42-32(19-28-14-9-6-10-15-28)33(45)20-30(18-27-12-7-5-8-13-27)41-38(48)50-23-29-16-11-17-39-21-29/h5-17,21,25-26,30,32-33,35,45H,18-20,22-24H2,1-4H3,(H,41,48)(H,42,46)(H,43,47)/t30-,32-,33-,35?/m0/s1. The fraction of sp³-hybridized carbons (Fsp3) is 0.395. The van der Waals surface area contributed by atoms with Crippen LogP contribution in [-0.4, -0.2) is 76.4 Å². The molecule has 13 heteroatoms. The second-order valence-corrected chi connectivity index (χ2v) is 13.7. The number of benzene rings is 2. The number of thiazole rings is 1. The molecule has 51 heavy (non-hydrogen) atoms. The van der Waals surface area contributed by atoms with Crippen molar-refractivity contribution in [2.75, 3.05) is 14.2 Å². The summed E-state index contributed by atoms with van der Waals surface area (Å²) >= 11 is 1.46. The van der Waals surface area contributed by atoms with Gasteiger partial charge in [-0.1, -0.05) is 80.6 Å². The van der Waals surface area contributed by atoms with Gasteiger partial charge in [-0.05, 0) is 42.4 Å². The molecule has 0 aliphatic carbocycles. The lowest BCUT2D eigenvalue weighted by Gasteiger charge is -2.31. The maximum absolute atomic E-state index is 13.9. The van der Waals surface area contributed by atoms with Crippen LogP contribution in [0.3, 0.4) is 0 Å². The molecule has 4 amide bonds. The molecule has 4 rings (SSSR count). The third kappa shape index (κ3) is 13.1. The van der Waals surface area contributed by atoms with Gasteiger partial charge in [0.05, 0.1) is 31.0 Å². The number of rotatable bonds is 18. The molecule has 0 bridgehead atoms. The van der Waals surface area contributed by atoms with Crippen molar-refractivity contribution < 1.29 is 29.0 Å². The molecule has 4 atom stereocenters. The van der Waals surface area contributed by atoms with E-state index in [2.05, 4.69) is 25.9 Å². The number of methoxy groups -OCH3 is 1. The molecule has 0 saturated heterocycles. The zero-order valence-corrected chi connectivity index (χ0v) is 30.3. The van der Waals surface area contributed by atoms with Crippen LogP contribution in [0.2, 0.25) is 0 Å². The third-order valence-electron chi connectivity index (χ3n) is 8.20. The summed E-state index contributed by atoms with van der Waals surface area (Å²) in [5, 5.41) is 23.3. The van der Waals surface area contributed by atoms with Crippen molar-refractivity contribution in [1.29, 1.82) is 0 Å². The fourth-order valence-electron chi connectivity index (χ4n) is 5.52. The second kappa shape index (κ2) is 20.1. The van der Waals surface area contributed by atoms with Gasteiger partial charge in [0.2, 0.25) is 5.91 Å². The fourth-order valence-corrected chi connectivity index (χ4v) is 6.27. The van der Waals surface area contributed by atoms with Gasteiger partial charge in [-0.3, -0.25) is 9.78 Å². The Morgan fingerprint density at radius 2 is 1.55 bits per heavy atom. The normalized spacial score (nSPS) is 13.5. The number of aliphatic hydroxyl groups is 1. The topological polar surface area (TPSA) is 155 Å². The van der Waals surface area contributed by atoms with Crippen LogP contribution in [0.4, 0.5) is 9.59 Å². The zero-order valence-electron chi connectivity index (χ0n) is 29.5. The van der Waals surface area contributed by atoms with E-state index in [4.69, 9.17) is 9.47 Å². The lowest BCUT2D eigenvalue weighted by Crippen LogP contribution is -2.57. The largest absolute Gasteiger partial charge is 0.445 e. The predicted octanol–water partition coefficient (Wildman–Crippen LogP) is 4.87. The van der Waals surface area contributed by atoms with Gasteiger partial charge in [0.25, 0.3) is 0 Å². The van der Waals surface area contributed by atoms with E-state index in [1.54, 1.807) is 32.6 Å². The van der Waals surface area contributed by atoms with E-state index in [1.165, 1.54) is 16.2 Å². The summed E-state index contributed by atoms with van der Waals surface area (Å²) in [6.45, 7) is 4.39. The molecule has 0 aliphatic heterocycles. The Morgan fingerprint density at radius 1 is 0.882 bits per heavy atom. The van der Waals surface area contributed by atoms with Crippen LogP contribution >= 0.6 is 11.3 Å². The summed E-state index contributed by atoms with van der Waals surface area (Å²) in [5.41, 5.74) is 3.34. The molecule has 0 radical (unpaired) electrons. The average Bonchev–Trinajstić information content (AvgIpc) is 3.57. The number of pyridine rings is 1. The highest BCUT2D eigenvalue weighted by Gasteiger charge is 2.31. The molecular formula is C38H48N6O6S. The summed E-state index contributed by atoms with van der Waals surface area (Å²) in [6, 6.07) is 20.2. The lowest BCUT2D eigenvalue weighted by atomic mass is 9.93. The van der Waals surface area contributed by atoms with Crippen LogP contribution in [-0.2, 0) is 46.9 Å². The van der Waals surface area contributed by atoms with E-state index in [-0.39, 0.29) is 25.5 Å². The van der Waals surface area contributed by atoms with Crippen molar-refractivity contribution >= 4 is 29.4 Å². The van der Waals surface area contributed by atoms with Gasteiger partial charge in [-0.25, -0.2) is 14.6 Å². The highest BCUT2D eigenvalue weighted by molar-refractivity contribution is 7.09. The Balaban J connectivity index is 1.46. The van der Waals surface area contributed by atoms with Crippen molar-refractivity contribution in [1.82, 2.24) is 30.8 Å². The Morgan fingerprint density at radius 3 is 2.18 bits per heavy atom. The minimum Gasteiger partial charge on any atom is -0.445 e. The SMILES string of the molecule is COCc1nc(CN(C)C(=O)NC(C(=O)N[C@@H](Cc2ccccc2)[C@@H](O)C[C@H](Cc2ccccc2)NC(=O)OCc2cccnc2)C(C)C)cs1. The van der Waals surface area contributed by atoms with Gasteiger partial charge >= 0.3 is 12.1 Å². The monoisotopic (exact) mass is 716 g/mol. The number of alkyl carbamates (subject to hydrolysis) is 1. The van der Waals surface area contributed by atoms with Crippen LogP contribution in [0.1, 0.15) is 47.7 Å². The minimum absolute atomic E-state index is 0.0447. The number of urea groups is 1. The van der Waals surface area contributed by atoms with E-state index in [0.717, 1.165) is 27.4 Å². The number of carbonyl (C=O) groups excluding carboxylic acids is 3. The van der Waals surface area contributed by atoms with Crippen molar-refractivity contribution in [3.8, 4) is 0 Å². The first-order chi connectivity index (χ1) is 24.6. The number of nitrogens with one attached hydrogen (secondary N) is 3. The molecular weight excluding hydrogens is 669 g/mol. The summed E-state index contributed by atoms with van der Waals surface area (Å²) in [4.78, 5) is 50.1. The number of hydrogen-bond acceptors (Lipinski definition) is 9. The van der Waals surface area contributed by atoms with E-state index in [9.17, 15) is 19.5 Å². The Hall–Kier alpha value is -4.85. The van der Waals surface area contributed by atoms with Crippen LogP contribution in [0, 0.1) is 5.92 Å². The lowest BCUT2D eigenvalue weighted by molar-refractivity contribution is -0.125. The number of aliphatic hydroxyl groups excluding tert-OH is 1. The van der Waals surface area contributed by atoms with Gasteiger partial charge in [0, 0.05) is 43.5 Å². The minimum atomic E-state index is -1.07. The van der Waals surface area contributed by atoms with Crippen molar-refractivity contribution in [2.24, 2.45) is 5.92 Å². The van der Waals surface area contributed by atoms with Crippen molar-refractivity contribution in [3.05, 3.63) is 118 Å². The van der Waals surface area contributed by atoms with Gasteiger partial charge in [-0.2, -0.15) is 0 Å². The average molecular weight is 717 g/mol. The summed E-state index contributed by atoms with van der Waals surface area (Å²) in [6.07, 6.45) is 2.44. The van der Waals surface area contributed by atoms with Gasteiger partial charge in [0.1, 0.15) is 17.7 Å². The quantitative estimate of drug-likeness (QED) is 0.114. The van der Waals surface area contributed by atoms with E-state index in [1.807, 2.05) is 86.0 Å². The van der Waals surface area contributed by atoms with Crippen molar-refractivity contribution in [2.45, 2.75) is 77.1 Å². The number of aromatic nitrogens is 2. The molecule has 1 unspecified atom stereocenters. The maximum atomic E-state index is 13.9. The Kier molecular flexibility index (Phi) is 15.4. The summed E-state index contributed by atoms with van der Waals surface area (Å²) < 4.78 is 10.6. The highest BCUT2D eigenvalue weighted by Crippen LogP contribution is 2.16. The highest BCUT2D eigenvalue weighted by atomic mass is 32.1. The first-order valence-electron chi connectivity index (χ1n) is 16.9. The summed E-state index contributed by atoms with van der Waals surface area (Å²) in [5.74, 6) is -0.683. The Bertz CT molecular complexity index is 1640. The van der Waals surface area contributed by atoms with Crippen LogP contribution in [0.15, 0.2) is 90.6 Å². The summed E-state index contributed by atoms with van der Waals surface area (Å²) in [7, 11) is 3.24. The smallest absolute Gasteiger partial charge is 0.407 e. The van der Waals surface area contributed by atoms with Gasteiger partial charge in [-0.15, -0.1) is 11.3 Å². The number of hydrogen-bond donors (Lipinski definition) is 4. The molecule has 2 aromatic heterocycles. The molecule has 2 heterocycles.